The van der Waals surface area contributed by atoms with Gasteiger partial charge in [0.2, 0.25) is 5.82 Å². The quantitative estimate of drug-likeness (QED) is 0.673. The lowest BCUT2D eigenvalue weighted by atomic mass is 10.3. The van der Waals surface area contributed by atoms with Gasteiger partial charge in [-0.1, -0.05) is 21.4 Å². The number of Topliss-reactive ketones (excluding diaryl/α,β-unsaturated/α-hetero) is 1. The molecule has 0 fully saturated rings. The van der Waals surface area contributed by atoms with Crippen LogP contribution in [0.2, 0.25) is 0 Å². The van der Waals surface area contributed by atoms with Crippen molar-refractivity contribution in [2.75, 3.05) is 19.0 Å². The summed E-state index contributed by atoms with van der Waals surface area (Å²) in [7, 11) is 2.31. The van der Waals surface area contributed by atoms with Gasteiger partial charge in [0.05, 0.1) is 24.8 Å². The van der Waals surface area contributed by atoms with Gasteiger partial charge in [-0.05, 0) is 29.4 Å². The predicted molar refractivity (Wildman–Crippen MR) is 93.8 cm³/mol. The molecule has 10 heteroatoms. The van der Waals surface area contributed by atoms with Crippen molar-refractivity contribution < 1.29 is 18.2 Å². The van der Waals surface area contributed by atoms with Crippen LogP contribution in [0.5, 0.6) is 0 Å². The largest absolute Gasteiger partial charge is 0.358 e. The number of hydrogen-bond acceptors (Lipinski definition) is 6. The van der Waals surface area contributed by atoms with E-state index in [-0.39, 0.29) is 12.4 Å². The Morgan fingerprint density at radius 1 is 1.36 bits per heavy atom. The lowest BCUT2D eigenvalue weighted by Gasteiger charge is -2.06. The second kappa shape index (κ2) is 8.62. The van der Waals surface area contributed by atoms with E-state index in [0.29, 0.717) is 25.2 Å². The van der Waals surface area contributed by atoms with Gasteiger partial charge in [0, 0.05) is 6.54 Å². The topological polar surface area (TPSA) is 85.8 Å². The van der Waals surface area contributed by atoms with Gasteiger partial charge in [-0.15, -0.1) is 0 Å². The molecule has 3 rings (SSSR count). The number of ketones is 1. The Hall–Kier alpha value is -2.41. The van der Waals surface area contributed by atoms with E-state index in [4.69, 9.17) is 4.63 Å². The summed E-state index contributed by atoms with van der Waals surface area (Å²) in [5.41, 5.74) is 2.17. The minimum atomic E-state index is -1.62. The Morgan fingerprint density at radius 2 is 2.08 bits per heavy atom. The Morgan fingerprint density at radius 3 is 2.76 bits per heavy atom. The first-order chi connectivity index (χ1) is 12.1. The van der Waals surface area contributed by atoms with Crippen molar-refractivity contribution in [3.63, 3.8) is 0 Å². The first kappa shape index (κ1) is 18.9. The minimum absolute atomic E-state index is 0.210. The third kappa shape index (κ3) is 3.99. The Kier molecular flexibility index (Phi) is 6.52. The first-order valence-corrected chi connectivity index (χ1v) is 8.10. The van der Waals surface area contributed by atoms with Crippen LogP contribution in [0.25, 0.3) is 22.6 Å². The van der Waals surface area contributed by atoms with Crippen molar-refractivity contribution in [1.82, 2.24) is 19.9 Å². The summed E-state index contributed by atoms with van der Waals surface area (Å²) in [6.07, 6.45) is 0. The van der Waals surface area contributed by atoms with E-state index in [9.17, 15) is 13.6 Å². The molecule has 0 saturated heterocycles. The number of nitrogens with one attached hydrogen (secondary N) is 1. The molecule has 0 spiro atoms. The van der Waals surface area contributed by atoms with Crippen molar-refractivity contribution in [3.05, 3.63) is 24.3 Å². The molecular formula is C15H18F2N5O2P. The fourth-order valence-electron chi connectivity index (χ4n) is 2.30. The summed E-state index contributed by atoms with van der Waals surface area (Å²) in [5, 5.41) is 10.4. The standard InChI is InChI=1S/C14H15FN5O2P.CH3F/c1-2-20-9-6-4-3-5-8(9)17-14(20)11-13(19-22-18-11)16-7-10(21)12(15)23;1-2/h3-6,12H,2,7,23H2,1H3,(H,16,19);1H3. The molecule has 0 radical (unpaired) electrons. The van der Waals surface area contributed by atoms with E-state index in [2.05, 4.69) is 20.6 Å². The smallest absolute Gasteiger partial charge is 0.202 e. The van der Waals surface area contributed by atoms with Crippen LogP contribution >= 0.6 is 9.24 Å². The molecule has 0 bridgehead atoms. The number of carbonyl (C=O) groups excluding carboxylic acids is 1. The summed E-state index contributed by atoms with van der Waals surface area (Å²) < 4.78 is 29.1. The maximum absolute atomic E-state index is 12.9. The van der Waals surface area contributed by atoms with Crippen LogP contribution in [-0.2, 0) is 11.3 Å². The van der Waals surface area contributed by atoms with Gasteiger partial charge < -0.3 is 9.88 Å². The number of aromatic nitrogens is 4. The number of imidazole rings is 1. The van der Waals surface area contributed by atoms with Gasteiger partial charge >= 0.3 is 0 Å². The lowest BCUT2D eigenvalue weighted by Crippen LogP contribution is -2.20. The summed E-state index contributed by atoms with van der Waals surface area (Å²) in [6.45, 7) is 2.46. The SMILES string of the molecule is CCn1c(-c2nonc2NCC(=O)C(F)P)nc2ccccc21.CF. The van der Waals surface area contributed by atoms with Gasteiger partial charge in [0.25, 0.3) is 0 Å². The van der Waals surface area contributed by atoms with E-state index in [1.54, 1.807) is 0 Å². The zero-order valence-electron chi connectivity index (χ0n) is 13.7. The van der Waals surface area contributed by atoms with Crippen LogP contribution in [0.15, 0.2) is 28.9 Å². The molecule has 0 aliphatic carbocycles. The van der Waals surface area contributed by atoms with Crippen LogP contribution in [0, 0.1) is 0 Å². The summed E-state index contributed by atoms with van der Waals surface area (Å²) in [6, 6.07) is 7.69. The molecule has 1 aromatic carbocycles. The number of fused-ring (bicyclic) bond motifs is 1. The van der Waals surface area contributed by atoms with Crippen molar-refractivity contribution in [2.45, 2.75) is 19.4 Å². The van der Waals surface area contributed by atoms with Gasteiger partial charge in [-0.25, -0.2) is 14.0 Å². The fourth-order valence-corrected chi connectivity index (χ4v) is 2.41. The number of aryl methyl sites for hydroxylation is 1. The van der Waals surface area contributed by atoms with Crippen LogP contribution in [-0.4, -0.2) is 45.3 Å². The van der Waals surface area contributed by atoms with Crippen LogP contribution in [0.1, 0.15) is 6.92 Å². The molecule has 134 valence electrons. The normalized spacial score (nSPS) is 11.7. The van der Waals surface area contributed by atoms with Crippen LogP contribution in [0.3, 0.4) is 0 Å². The van der Waals surface area contributed by atoms with E-state index in [1.807, 2.05) is 45.0 Å². The van der Waals surface area contributed by atoms with Crippen molar-refractivity contribution in [1.29, 1.82) is 0 Å². The van der Waals surface area contributed by atoms with E-state index >= 15 is 0 Å². The third-order valence-corrected chi connectivity index (χ3v) is 3.78. The average Bonchev–Trinajstić information content (AvgIpc) is 3.24. The second-order valence-electron chi connectivity index (χ2n) is 4.85. The maximum Gasteiger partial charge on any atom is 0.202 e. The molecule has 0 aliphatic heterocycles. The van der Waals surface area contributed by atoms with Crippen LogP contribution in [0.4, 0.5) is 14.6 Å². The molecule has 2 atom stereocenters. The molecule has 0 saturated carbocycles. The number of carbonyl (C=O) groups is 1. The van der Waals surface area contributed by atoms with Crippen molar-refractivity contribution in [2.24, 2.45) is 0 Å². The highest BCUT2D eigenvalue weighted by molar-refractivity contribution is 7.19. The molecule has 2 unspecified atom stereocenters. The van der Waals surface area contributed by atoms with Crippen molar-refractivity contribution in [3.8, 4) is 11.5 Å². The number of nitrogens with zero attached hydrogens (tertiary/aromatic N) is 4. The molecule has 2 aromatic heterocycles. The number of hydrogen-bond donors (Lipinski definition) is 1. The van der Waals surface area contributed by atoms with E-state index < -0.39 is 11.7 Å². The van der Waals surface area contributed by atoms with E-state index in [0.717, 1.165) is 11.0 Å². The van der Waals surface area contributed by atoms with Gasteiger partial charge in [0.15, 0.2) is 23.2 Å². The Balaban J connectivity index is 0.00000109. The lowest BCUT2D eigenvalue weighted by molar-refractivity contribution is -0.119. The monoisotopic (exact) mass is 369 g/mol. The average molecular weight is 369 g/mol. The number of benzene rings is 1. The predicted octanol–water partition coefficient (Wildman–Crippen LogP) is 2.84. The molecule has 25 heavy (non-hydrogen) atoms. The minimum Gasteiger partial charge on any atom is -0.358 e. The zero-order valence-corrected chi connectivity index (χ0v) is 14.9. The van der Waals surface area contributed by atoms with Gasteiger partial charge in [0.1, 0.15) is 0 Å². The first-order valence-electron chi connectivity index (χ1n) is 7.44. The number of rotatable bonds is 6. The number of halogens is 2. The Bertz CT molecular complexity index is 849. The number of anilines is 1. The molecule has 0 aliphatic rings. The highest BCUT2D eigenvalue weighted by Crippen LogP contribution is 2.27. The highest BCUT2D eigenvalue weighted by Gasteiger charge is 2.21. The van der Waals surface area contributed by atoms with Crippen molar-refractivity contribution >= 4 is 31.9 Å². The molecular weight excluding hydrogens is 351 g/mol. The van der Waals surface area contributed by atoms with Gasteiger partial charge in [-0.2, -0.15) is 0 Å². The van der Waals surface area contributed by atoms with E-state index in [1.165, 1.54) is 0 Å². The molecule has 1 N–H and O–H groups in total. The zero-order chi connectivity index (χ0) is 18.4. The summed E-state index contributed by atoms with van der Waals surface area (Å²) in [5.74, 6) is -1.39. The number of alkyl halides is 2. The molecule has 7 nitrogen and oxygen atoms in total. The molecule has 3 aromatic rings. The number of para-hydroxylation sites is 2. The summed E-state index contributed by atoms with van der Waals surface area (Å²) in [4.78, 5) is 15.9. The Labute approximate surface area is 145 Å². The molecule has 0 amide bonds. The maximum atomic E-state index is 12.9. The molecule has 2 heterocycles. The summed E-state index contributed by atoms with van der Waals surface area (Å²) >= 11 is 0. The third-order valence-electron chi connectivity index (χ3n) is 3.41. The second-order valence-corrected chi connectivity index (χ2v) is 5.44. The highest BCUT2D eigenvalue weighted by atomic mass is 31.0. The van der Waals surface area contributed by atoms with Gasteiger partial charge in [-0.3, -0.25) is 9.18 Å². The van der Waals surface area contributed by atoms with Crippen LogP contribution < -0.4 is 5.32 Å². The fraction of sp³-hybridized carbons (Fsp3) is 0.333.